The maximum Gasteiger partial charge on any atom is 0.245 e. The topological polar surface area (TPSA) is 58.6 Å². The molecule has 0 aromatic carbocycles. The number of nitrogens with one attached hydrogen (secondary N) is 1. The molecule has 5 nitrogen and oxygen atoms in total. The highest BCUT2D eigenvalue weighted by atomic mass is 16.5. The molecule has 0 aliphatic carbocycles. The molecule has 1 aliphatic heterocycles. The molecule has 2 amide bonds. The molecule has 1 aliphatic rings. The van der Waals surface area contributed by atoms with Gasteiger partial charge in [0, 0.05) is 13.2 Å². The second-order valence-electron chi connectivity index (χ2n) is 5.03. The van der Waals surface area contributed by atoms with Gasteiger partial charge in [0.15, 0.2) is 0 Å². The third-order valence-corrected chi connectivity index (χ3v) is 3.45. The van der Waals surface area contributed by atoms with Crippen LogP contribution in [0.2, 0.25) is 0 Å². The Hall–Kier alpha value is -1.10. The Labute approximate surface area is 115 Å². The van der Waals surface area contributed by atoms with Gasteiger partial charge in [0.1, 0.15) is 12.1 Å². The van der Waals surface area contributed by atoms with Crippen molar-refractivity contribution in [2.24, 2.45) is 0 Å². The Morgan fingerprint density at radius 2 is 2.00 bits per heavy atom. The minimum absolute atomic E-state index is 0.0276. The maximum absolute atomic E-state index is 12.4. The van der Waals surface area contributed by atoms with Crippen LogP contribution in [0.5, 0.6) is 0 Å². The Morgan fingerprint density at radius 3 is 2.53 bits per heavy atom. The van der Waals surface area contributed by atoms with E-state index < -0.39 is 0 Å². The predicted molar refractivity (Wildman–Crippen MR) is 73.7 cm³/mol. The number of hydrogen-bond acceptors (Lipinski definition) is 3. The van der Waals surface area contributed by atoms with E-state index in [0.717, 1.165) is 6.42 Å². The summed E-state index contributed by atoms with van der Waals surface area (Å²) in [7, 11) is 0. The zero-order chi connectivity index (χ0) is 14.4. The SMILES string of the molecule is CCCC1NC(=O)C(CC)N(CC(C)OCC)C1=O. The number of rotatable bonds is 7. The van der Waals surface area contributed by atoms with Crippen LogP contribution in [-0.4, -0.2) is 48.1 Å². The van der Waals surface area contributed by atoms with Gasteiger partial charge in [-0.25, -0.2) is 0 Å². The minimum Gasteiger partial charge on any atom is -0.377 e. The Bertz CT molecular complexity index is 320. The van der Waals surface area contributed by atoms with E-state index in [0.29, 0.717) is 26.0 Å². The molecule has 0 bridgehead atoms. The Morgan fingerprint density at radius 1 is 1.32 bits per heavy atom. The van der Waals surface area contributed by atoms with Gasteiger partial charge in [-0.05, 0) is 26.7 Å². The van der Waals surface area contributed by atoms with Gasteiger partial charge in [-0.1, -0.05) is 20.3 Å². The Balaban J connectivity index is 2.80. The molecule has 1 fully saturated rings. The van der Waals surface area contributed by atoms with Crippen LogP contribution >= 0.6 is 0 Å². The zero-order valence-electron chi connectivity index (χ0n) is 12.4. The molecular weight excluding hydrogens is 244 g/mol. The summed E-state index contributed by atoms with van der Waals surface area (Å²) in [4.78, 5) is 26.2. The second kappa shape index (κ2) is 7.48. The van der Waals surface area contributed by atoms with Gasteiger partial charge in [-0.2, -0.15) is 0 Å². The minimum atomic E-state index is -0.367. The average molecular weight is 270 g/mol. The molecule has 0 aromatic heterocycles. The number of hydrogen-bond donors (Lipinski definition) is 1. The quantitative estimate of drug-likeness (QED) is 0.759. The first-order valence-corrected chi connectivity index (χ1v) is 7.27. The smallest absolute Gasteiger partial charge is 0.245 e. The lowest BCUT2D eigenvalue weighted by atomic mass is 10.0. The van der Waals surface area contributed by atoms with Gasteiger partial charge in [0.05, 0.1) is 6.10 Å². The zero-order valence-corrected chi connectivity index (χ0v) is 12.4. The number of amides is 2. The van der Waals surface area contributed by atoms with Crippen molar-refractivity contribution in [3.63, 3.8) is 0 Å². The molecule has 19 heavy (non-hydrogen) atoms. The summed E-state index contributed by atoms with van der Waals surface area (Å²) >= 11 is 0. The van der Waals surface area contributed by atoms with Crippen molar-refractivity contribution in [2.45, 2.75) is 65.1 Å². The fourth-order valence-corrected chi connectivity index (χ4v) is 2.55. The lowest BCUT2D eigenvalue weighted by Gasteiger charge is -2.39. The standard InChI is InChI=1S/C14H26N2O3/c1-5-8-11-14(18)16(9-10(4)19-7-3)12(6-2)13(17)15-11/h10-12H,5-9H2,1-4H3,(H,15,17). The van der Waals surface area contributed by atoms with Crippen LogP contribution in [0.4, 0.5) is 0 Å². The maximum atomic E-state index is 12.4. The van der Waals surface area contributed by atoms with Gasteiger partial charge in [-0.3, -0.25) is 9.59 Å². The van der Waals surface area contributed by atoms with Gasteiger partial charge in [0.2, 0.25) is 11.8 Å². The molecule has 1 heterocycles. The van der Waals surface area contributed by atoms with Crippen LogP contribution in [0.15, 0.2) is 0 Å². The highest BCUT2D eigenvalue weighted by Gasteiger charge is 2.39. The van der Waals surface area contributed by atoms with Crippen molar-refractivity contribution in [3.05, 3.63) is 0 Å². The van der Waals surface area contributed by atoms with Gasteiger partial charge in [-0.15, -0.1) is 0 Å². The summed E-state index contributed by atoms with van der Waals surface area (Å²) in [5.74, 6) is -0.0101. The first-order chi connectivity index (χ1) is 9.04. The van der Waals surface area contributed by atoms with Crippen molar-refractivity contribution in [2.75, 3.05) is 13.2 Å². The normalized spacial score (nSPS) is 25.4. The highest BCUT2D eigenvalue weighted by molar-refractivity contribution is 5.96. The summed E-state index contributed by atoms with van der Waals surface area (Å²) in [6, 6.07) is -0.724. The van der Waals surface area contributed by atoms with Crippen molar-refractivity contribution in [1.29, 1.82) is 0 Å². The van der Waals surface area contributed by atoms with Crippen LogP contribution in [0.3, 0.4) is 0 Å². The van der Waals surface area contributed by atoms with Gasteiger partial charge < -0.3 is 15.0 Å². The summed E-state index contributed by atoms with van der Waals surface area (Å²) in [6.07, 6.45) is 2.16. The van der Waals surface area contributed by atoms with Crippen LogP contribution < -0.4 is 5.32 Å². The molecule has 0 spiro atoms. The van der Waals surface area contributed by atoms with E-state index in [1.807, 2.05) is 27.7 Å². The van der Waals surface area contributed by atoms with E-state index in [4.69, 9.17) is 4.74 Å². The van der Waals surface area contributed by atoms with Crippen molar-refractivity contribution < 1.29 is 14.3 Å². The van der Waals surface area contributed by atoms with Gasteiger partial charge in [0.25, 0.3) is 0 Å². The lowest BCUT2D eigenvalue weighted by molar-refractivity contribution is -0.151. The number of piperazine rings is 1. The molecule has 1 saturated heterocycles. The Kier molecular flexibility index (Phi) is 6.28. The molecular formula is C14H26N2O3. The second-order valence-corrected chi connectivity index (χ2v) is 5.03. The number of nitrogens with zero attached hydrogens (tertiary/aromatic N) is 1. The van der Waals surface area contributed by atoms with E-state index in [9.17, 15) is 9.59 Å². The van der Waals surface area contributed by atoms with Crippen molar-refractivity contribution >= 4 is 11.8 Å². The molecule has 1 N–H and O–H groups in total. The van der Waals surface area contributed by atoms with E-state index >= 15 is 0 Å². The number of ether oxygens (including phenoxy) is 1. The summed E-state index contributed by atoms with van der Waals surface area (Å²) < 4.78 is 5.49. The lowest BCUT2D eigenvalue weighted by Crippen LogP contribution is -2.64. The van der Waals surface area contributed by atoms with Crippen LogP contribution in [0.25, 0.3) is 0 Å². The van der Waals surface area contributed by atoms with E-state index in [2.05, 4.69) is 5.32 Å². The van der Waals surface area contributed by atoms with Crippen LogP contribution in [-0.2, 0) is 14.3 Å². The van der Waals surface area contributed by atoms with Crippen LogP contribution in [0.1, 0.15) is 47.0 Å². The summed E-state index contributed by atoms with van der Waals surface area (Å²) in [6.45, 7) is 8.90. The number of carbonyl (C=O) groups is 2. The van der Waals surface area contributed by atoms with Crippen LogP contribution in [0, 0.1) is 0 Å². The molecule has 0 radical (unpaired) electrons. The molecule has 0 aromatic rings. The molecule has 5 heteroatoms. The fraction of sp³-hybridized carbons (Fsp3) is 0.857. The summed E-state index contributed by atoms with van der Waals surface area (Å²) in [5, 5.41) is 2.83. The van der Waals surface area contributed by atoms with E-state index in [1.165, 1.54) is 0 Å². The summed E-state index contributed by atoms with van der Waals surface area (Å²) in [5.41, 5.74) is 0. The third-order valence-electron chi connectivity index (χ3n) is 3.45. The van der Waals surface area contributed by atoms with E-state index in [1.54, 1.807) is 4.90 Å². The fourth-order valence-electron chi connectivity index (χ4n) is 2.55. The third kappa shape index (κ3) is 3.93. The highest BCUT2D eigenvalue weighted by Crippen LogP contribution is 2.16. The molecule has 110 valence electrons. The number of carbonyl (C=O) groups excluding carboxylic acids is 2. The van der Waals surface area contributed by atoms with Gasteiger partial charge >= 0.3 is 0 Å². The largest absolute Gasteiger partial charge is 0.377 e. The van der Waals surface area contributed by atoms with Crippen molar-refractivity contribution in [1.82, 2.24) is 10.2 Å². The van der Waals surface area contributed by atoms with Crippen molar-refractivity contribution in [3.8, 4) is 0 Å². The first kappa shape index (κ1) is 16.0. The molecule has 0 saturated carbocycles. The first-order valence-electron chi connectivity index (χ1n) is 7.27. The van der Waals surface area contributed by atoms with E-state index in [-0.39, 0.29) is 30.0 Å². The average Bonchev–Trinajstić information content (AvgIpc) is 2.36. The monoisotopic (exact) mass is 270 g/mol. The molecule has 1 rings (SSSR count). The molecule has 3 atom stereocenters. The predicted octanol–water partition coefficient (Wildman–Crippen LogP) is 1.32. The molecule has 3 unspecified atom stereocenters.